The molecule has 0 aromatic heterocycles. The summed E-state index contributed by atoms with van der Waals surface area (Å²) in [7, 11) is 0. The van der Waals surface area contributed by atoms with Crippen LogP contribution in [0.25, 0.3) is 0 Å². The second-order valence-electron chi connectivity index (χ2n) is 6.18. The minimum absolute atomic E-state index is 0.669. The number of hydrogen-bond donors (Lipinski definition) is 0. The third-order valence-corrected chi connectivity index (χ3v) is 16.0. The third-order valence-electron chi connectivity index (χ3n) is 4.75. The van der Waals surface area contributed by atoms with Crippen LogP contribution < -0.4 is 0 Å². The van der Waals surface area contributed by atoms with Crippen molar-refractivity contribution < 1.29 is 4.39 Å². The zero-order valence-electron chi connectivity index (χ0n) is 9.12. The summed E-state index contributed by atoms with van der Waals surface area (Å²) < 4.78 is 14.6. The molecule has 0 heterocycles. The van der Waals surface area contributed by atoms with Gasteiger partial charge in [-0.3, -0.25) is 0 Å². The van der Waals surface area contributed by atoms with E-state index < -0.39 is 24.0 Å². The van der Waals surface area contributed by atoms with Gasteiger partial charge in [0.1, 0.15) is 0 Å². The van der Waals surface area contributed by atoms with Crippen LogP contribution in [0.2, 0.25) is 18.2 Å². The van der Waals surface area contributed by atoms with Crippen LogP contribution in [0.4, 0.5) is 4.39 Å². The molecule has 0 aromatic carbocycles. The fourth-order valence-electron chi connectivity index (χ4n) is 3.26. The average Bonchev–Trinajstić information content (AvgIpc) is 2.04. The summed E-state index contributed by atoms with van der Waals surface area (Å²) in [5.41, 5.74) is -0.737. The quantitative estimate of drug-likeness (QED) is 0.637. The van der Waals surface area contributed by atoms with Crippen molar-refractivity contribution in [1.29, 1.82) is 0 Å². The Morgan fingerprint density at radius 1 is 0.846 bits per heavy atom. The molecule has 76 valence electrons. The van der Waals surface area contributed by atoms with Gasteiger partial charge in [0.2, 0.25) is 0 Å². The summed E-state index contributed by atoms with van der Waals surface area (Å²) >= 11 is -1.80. The predicted molar refractivity (Wildman–Crippen MR) is 57.6 cm³/mol. The first-order valence-corrected chi connectivity index (χ1v) is 15.5. The van der Waals surface area contributed by atoms with Crippen LogP contribution in [0.1, 0.15) is 38.5 Å². The predicted octanol–water partition coefficient (Wildman–Crippen LogP) is 4.14. The normalized spacial score (nSPS) is 45.2. The maximum atomic E-state index is 13.9. The van der Waals surface area contributed by atoms with Crippen LogP contribution >= 0.6 is 0 Å². The van der Waals surface area contributed by atoms with Crippen molar-refractivity contribution in [2.75, 3.05) is 0 Å². The van der Waals surface area contributed by atoms with Gasteiger partial charge in [-0.25, -0.2) is 0 Å². The van der Waals surface area contributed by atoms with E-state index in [1.807, 2.05) is 0 Å². The van der Waals surface area contributed by atoms with Crippen LogP contribution in [0.3, 0.4) is 0 Å². The number of rotatable bonds is 1. The zero-order valence-corrected chi connectivity index (χ0v) is 12.0. The van der Waals surface area contributed by atoms with Crippen molar-refractivity contribution in [3.63, 3.8) is 0 Å². The van der Waals surface area contributed by atoms with Gasteiger partial charge in [-0.1, -0.05) is 0 Å². The van der Waals surface area contributed by atoms with Gasteiger partial charge < -0.3 is 0 Å². The summed E-state index contributed by atoms with van der Waals surface area (Å²) in [5.74, 6) is 0. The summed E-state index contributed by atoms with van der Waals surface area (Å²) in [4.78, 5) is 7.60. The molecule has 0 nitrogen and oxygen atoms in total. The van der Waals surface area contributed by atoms with Crippen LogP contribution in [-0.4, -0.2) is 24.0 Å². The van der Waals surface area contributed by atoms with Crippen molar-refractivity contribution >= 4 is 18.4 Å². The minimum atomic E-state index is -1.80. The molecule has 2 heteroatoms. The van der Waals surface area contributed by atoms with E-state index in [9.17, 15) is 4.39 Å². The van der Waals surface area contributed by atoms with Gasteiger partial charge >= 0.3 is 85.2 Å². The van der Waals surface area contributed by atoms with E-state index in [0.29, 0.717) is 3.43 Å². The first-order valence-electron chi connectivity index (χ1n) is 5.56. The van der Waals surface area contributed by atoms with Crippen molar-refractivity contribution in [1.82, 2.24) is 0 Å². The monoisotopic (exact) mass is 292 g/mol. The van der Waals surface area contributed by atoms with Crippen molar-refractivity contribution in [3.8, 4) is 0 Å². The molecule has 0 radical (unpaired) electrons. The molecule has 3 fully saturated rings. The van der Waals surface area contributed by atoms with Gasteiger partial charge in [0.15, 0.2) is 0 Å². The van der Waals surface area contributed by atoms with Crippen LogP contribution in [0, 0.1) is 0 Å². The topological polar surface area (TPSA) is 0 Å². The molecule has 0 N–H and O–H groups in total. The Labute approximate surface area is 85.2 Å². The van der Waals surface area contributed by atoms with E-state index >= 15 is 0 Å². The van der Waals surface area contributed by atoms with Crippen LogP contribution in [0.15, 0.2) is 0 Å². The maximum absolute atomic E-state index is 13.9. The van der Waals surface area contributed by atoms with Crippen molar-refractivity contribution in [3.05, 3.63) is 0 Å². The van der Waals surface area contributed by atoms with E-state index in [-0.39, 0.29) is 0 Å². The second kappa shape index (κ2) is 2.86. The molecule has 0 atom stereocenters. The Kier molecular flexibility index (Phi) is 2.26. The van der Waals surface area contributed by atoms with Crippen LogP contribution in [0.5, 0.6) is 0 Å². The van der Waals surface area contributed by atoms with Crippen LogP contribution in [-0.2, 0) is 0 Å². The fraction of sp³-hybridized carbons (Fsp3) is 1.00. The molecule has 3 saturated carbocycles. The summed E-state index contributed by atoms with van der Waals surface area (Å²) in [6.07, 6.45) is 6.26. The van der Waals surface area contributed by atoms with E-state index in [1.165, 1.54) is 19.3 Å². The van der Waals surface area contributed by atoms with E-state index in [0.717, 1.165) is 19.3 Å². The molecular weight excluding hydrogens is 270 g/mol. The molecule has 3 rings (SSSR count). The van der Waals surface area contributed by atoms with Gasteiger partial charge in [0.25, 0.3) is 0 Å². The summed E-state index contributed by atoms with van der Waals surface area (Å²) in [6.45, 7) is 0. The average molecular weight is 291 g/mol. The molecular formula is C11H21FSn. The molecule has 3 aliphatic rings. The van der Waals surface area contributed by atoms with E-state index in [4.69, 9.17) is 0 Å². The number of alkyl halides is 1. The van der Waals surface area contributed by atoms with Gasteiger partial charge in [0.05, 0.1) is 0 Å². The van der Waals surface area contributed by atoms with Gasteiger partial charge in [-0.05, 0) is 0 Å². The first kappa shape index (κ1) is 10.3. The standard InChI is InChI=1S/C8H12F.3CH3.Sn/c9-8-4-1-7(2-5-8)3-6-8;;;;/h1-6H2;3*1H3;. The van der Waals surface area contributed by atoms with Gasteiger partial charge in [-0.15, -0.1) is 0 Å². The molecule has 0 aliphatic heterocycles. The Morgan fingerprint density at radius 2 is 1.23 bits per heavy atom. The Bertz CT molecular complexity index is 192. The molecule has 0 amide bonds. The Hall–Kier alpha value is 0.729. The fourth-order valence-corrected chi connectivity index (χ4v) is 10.8. The molecule has 3 aliphatic carbocycles. The van der Waals surface area contributed by atoms with E-state index in [2.05, 4.69) is 14.8 Å². The summed E-state index contributed by atoms with van der Waals surface area (Å²) in [6, 6.07) is 0. The van der Waals surface area contributed by atoms with Gasteiger partial charge in [-0.2, -0.15) is 0 Å². The SMILES string of the molecule is [CH3][Sn]([CH3])([CH3])[C]12CCC(F)(CC1)CC2. The molecule has 0 aromatic rings. The second-order valence-corrected chi connectivity index (χ2v) is 22.1. The number of hydrogen-bond acceptors (Lipinski definition) is 0. The molecule has 13 heavy (non-hydrogen) atoms. The number of halogens is 1. The van der Waals surface area contributed by atoms with Gasteiger partial charge in [0, 0.05) is 0 Å². The number of fused-ring (bicyclic) bond motifs is 3. The summed E-state index contributed by atoms with van der Waals surface area (Å²) in [5, 5.41) is 0. The molecule has 0 spiro atoms. The Morgan fingerprint density at radius 3 is 1.54 bits per heavy atom. The third kappa shape index (κ3) is 1.55. The Balaban J connectivity index is 2.20. The molecule has 2 bridgehead atoms. The van der Waals surface area contributed by atoms with Crippen molar-refractivity contribution in [2.24, 2.45) is 0 Å². The zero-order chi connectivity index (χ0) is 9.74. The first-order chi connectivity index (χ1) is 5.87. The molecule has 0 saturated heterocycles. The van der Waals surface area contributed by atoms with Crippen molar-refractivity contribution in [2.45, 2.75) is 62.4 Å². The molecule has 0 unspecified atom stereocenters. The van der Waals surface area contributed by atoms with E-state index in [1.54, 1.807) is 0 Å².